The van der Waals surface area contributed by atoms with Crippen molar-refractivity contribution < 1.29 is 23.5 Å². The molecule has 0 saturated heterocycles. The molecule has 5 nitrogen and oxygen atoms in total. The Kier molecular flexibility index (Phi) is 6.75. The number of thiophene rings is 1. The molecule has 3 rings (SSSR count). The minimum absolute atomic E-state index is 0.0502. The number of nitrogens with one attached hydrogen (secondary N) is 1. The number of amides is 1. The Morgan fingerprint density at radius 2 is 1.71 bits per heavy atom. The molecule has 3 aromatic rings. The van der Waals surface area contributed by atoms with Crippen LogP contribution in [0.25, 0.3) is 0 Å². The van der Waals surface area contributed by atoms with Crippen LogP contribution < -0.4 is 10.1 Å². The molecule has 1 atom stereocenters. The SMILES string of the molecule is O=C(COC(=O)COc1ccccc1F)N[C@H](c1ccccc1)c1cccs1. The molecule has 0 unspecified atom stereocenters. The standard InChI is InChI=1S/C21H18FNO4S/c22-16-9-4-5-10-17(16)26-14-20(25)27-13-19(24)23-21(18-11-6-12-28-18)15-7-2-1-3-8-15/h1-12,21H,13-14H2,(H,23,24)/t21-/m1/s1. The molecule has 0 aliphatic heterocycles. The van der Waals surface area contributed by atoms with E-state index < -0.39 is 30.9 Å². The first-order valence-electron chi connectivity index (χ1n) is 8.54. The first-order valence-corrected chi connectivity index (χ1v) is 9.42. The number of carbonyl (C=O) groups excluding carboxylic acids is 2. The van der Waals surface area contributed by atoms with Crippen LogP contribution in [0.3, 0.4) is 0 Å². The summed E-state index contributed by atoms with van der Waals surface area (Å²) in [7, 11) is 0. The number of benzene rings is 2. The van der Waals surface area contributed by atoms with Crippen LogP contribution in [0, 0.1) is 5.82 Å². The van der Waals surface area contributed by atoms with Gasteiger partial charge in [-0.1, -0.05) is 48.5 Å². The van der Waals surface area contributed by atoms with E-state index in [0.717, 1.165) is 10.4 Å². The number of rotatable bonds is 8. The molecule has 0 radical (unpaired) electrons. The highest BCUT2D eigenvalue weighted by atomic mass is 32.1. The highest BCUT2D eigenvalue weighted by Crippen LogP contribution is 2.25. The van der Waals surface area contributed by atoms with Gasteiger partial charge in [-0.25, -0.2) is 9.18 Å². The third kappa shape index (κ3) is 5.40. The van der Waals surface area contributed by atoms with Crippen LogP contribution in [0.2, 0.25) is 0 Å². The van der Waals surface area contributed by atoms with E-state index in [1.165, 1.54) is 29.5 Å². The topological polar surface area (TPSA) is 64.6 Å². The van der Waals surface area contributed by atoms with Gasteiger partial charge in [-0.05, 0) is 29.1 Å². The van der Waals surface area contributed by atoms with Gasteiger partial charge in [0.25, 0.3) is 5.91 Å². The van der Waals surface area contributed by atoms with Gasteiger partial charge in [0.15, 0.2) is 24.8 Å². The summed E-state index contributed by atoms with van der Waals surface area (Å²) in [6, 6.07) is 18.7. The lowest BCUT2D eigenvalue weighted by molar-refractivity contribution is -0.150. The number of esters is 1. The summed E-state index contributed by atoms with van der Waals surface area (Å²) in [5.74, 6) is -1.83. The smallest absolute Gasteiger partial charge is 0.344 e. The summed E-state index contributed by atoms with van der Waals surface area (Å²) in [5.41, 5.74) is 0.924. The van der Waals surface area contributed by atoms with Gasteiger partial charge < -0.3 is 14.8 Å². The van der Waals surface area contributed by atoms with Crippen molar-refractivity contribution in [2.24, 2.45) is 0 Å². The van der Waals surface area contributed by atoms with Crippen molar-refractivity contribution >= 4 is 23.2 Å². The summed E-state index contributed by atoms with van der Waals surface area (Å²) in [6.45, 7) is -0.935. The second kappa shape index (κ2) is 9.66. The molecule has 28 heavy (non-hydrogen) atoms. The maximum Gasteiger partial charge on any atom is 0.344 e. The van der Waals surface area contributed by atoms with E-state index in [4.69, 9.17) is 9.47 Å². The van der Waals surface area contributed by atoms with Crippen LogP contribution in [0.15, 0.2) is 72.1 Å². The molecular formula is C21H18FNO4S. The van der Waals surface area contributed by atoms with Crippen molar-refractivity contribution in [3.05, 3.63) is 88.4 Å². The van der Waals surface area contributed by atoms with Gasteiger partial charge in [-0.3, -0.25) is 4.79 Å². The molecule has 2 aromatic carbocycles. The molecule has 1 N–H and O–H groups in total. The third-order valence-electron chi connectivity index (χ3n) is 3.81. The first kappa shape index (κ1) is 19.6. The fourth-order valence-electron chi connectivity index (χ4n) is 2.51. The number of para-hydroxylation sites is 1. The Hall–Kier alpha value is -3.19. The molecule has 144 valence electrons. The lowest BCUT2D eigenvalue weighted by Gasteiger charge is -2.18. The summed E-state index contributed by atoms with van der Waals surface area (Å²) in [6.07, 6.45) is 0. The Labute approximate surface area is 165 Å². The second-order valence-electron chi connectivity index (χ2n) is 5.81. The molecule has 7 heteroatoms. The molecule has 0 saturated carbocycles. The largest absolute Gasteiger partial charge is 0.479 e. The monoisotopic (exact) mass is 399 g/mol. The zero-order valence-corrected chi connectivity index (χ0v) is 15.7. The second-order valence-corrected chi connectivity index (χ2v) is 6.79. The molecule has 1 amide bonds. The number of hydrogen-bond donors (Lipinski definition) is 1. The lowest BCUT2D eigenvalue weighted by atomic mass is 10.1. The normalized spacial score (nSPS) is 11.5. The maximum absolute atomic E-state index is 13.5. The average molecular weight is 399 g/mol. The van der Waals surface area contributed by atoms with Gasteiger partial charge in [0.1, 0.15) is 0 Å². The van der Waals surface area contributed by atoms with E-state index in [9.17, 15) is 14.0 Å². The Bertz CT molecular complexity index is 915. The van der Waals surface area contributed by atoms with Crippen LogP contribution in [-0.2, 0) is 14.3 Å². The summed E-state index contributed by atoms with van der Waals surface area (Å²) in [4.78, 5) is 25.0. The van der Waals surface area contributed by atoms with Crippen LogP contribution in [0.4, 0.5) is 4.39 Å². The molecular weight excluding hydrogens is 381 g/mol. The lowest BCUT2D eigenvalue weighted by Crippen LogP contribution is -2.33. The van der Waals surface area contributed by atoms with Gasteiger partial charge in [-0.2, -0.15) is 0 Å². The molecule has 1 aromatic heterocycles. The van der Waals surface area contributed by atoms with Gasteiger partial charge in [-0.15, -0.1) is 11.3 Å². The number of halogens is 1. The van der Waals surface area contributed by atoms with E-state index in [1.54, 1.807) is 6.07 Å². The van der Waals surface area contributed by atoms with Gasteiger partial charge in [0, 0.05) is 4.88 Å². The van der Waals surface area contributed by atoms with Gasteiger partial charge in [0.05, 0.1) is 6.04 Å². The van der Waals surface area contributed by atoms with Crippen molar-refractivity contribution in [2.75, 3.05) is 13.2 Å². The van der Waals surface area contributed by atoms with Crippen molar-refractivity contribution in [3.8, 4) is 5.75 Å². The average Bonchev–Trinajstić information content (AvgIpc) is 3.25. The van der Waals surface area contributed by atoms with Gasteiger partial charge in [0.2, 0.25) is 0 Å². The van der Waals surface area contributed by atoms with Crippen LogP contribution >= 0.6 is 11.3 Å². The van der Waals surface area contributed by atoms with E-state index >= 15 is 0 Å². The Morgan fingerprint density at radius 1 is 0.964 bits per heavy atom. The van der Waals surface area contributed by atoms with E-state index in [1.807, 2.05) is 47.8 Å². The third-order valence-corrected chi connectivity index (χ3v) is 4.75. The number of hydrogen-bond acceptors (Lipinski definition) is 5. The van der Waals surface area contributed by atoms with Gasteiger partial charge >= 0.3 is 5.97 Å². The zero-order valence-electron chi connectivity index (χ0n) is 14.8. The Morgan fingerprint density at radius 3 is 2.43 bits per heavy atom. The molecule has 0 aliphatic rings. The summed E-state index contributed by atoms with van der Waals surface area (Å²) < 4.78 is 23.4. The Balaban J connectivity index is 1.52. The van der Waals surface area contributed by atoms with Crippen molar-refractivity contribution in [1.82, 2.24) is 5.32 Å². The van der Waals surface area contributed by atoms with E-state index in [-0.39, 0.29) is 11.8 Å². The molecule has 0 bridgehead atoms. The van der Waals surface area contributed by atoms with Crippen molar-refractivity contribution in [2.45, 2.75) is 6.04 Å². The summed E-state index contributed by atoms with van der Waals surface area (Å²) in [5, 5.41) is 4.80. The summed E-state index contributed by atoms with van der Waals surface area (Å²) >= 11 is 1.52. The van der Waals surface area contributed by atoms with Crippen LogP contribution in [-0.4, -0.2) is 25.1 Å². The van der Waals surface area contributed by atoms with Crippen molar-refractivity contribution in [3.63, 3.8) is 0 Å². The number of ether oxygens (including phenoxy) is 2. The zero-order chi connectivity index (χ0) is 19.8. The molecule has 1 heterocycles. The quantitative estimate of drug-likeness (QED) is 0.587. The molecule has 0 spiro atoms. The minimum Gasteiger partial charge on any atom is -0.479 e. The fraction of sp³-hybridized carbons (Fsp3) is 0.143. The fourth-order valence-corrected chi connectivity index (χ4v) is 3.31. The molecule has 0 fully saturated rings. The molecule has 0 aliphatic carbocycles. The number of carbonyl (C=O) groups is 2. The van der Waals surface area contributed by atoms with Crippen LogP contribution in [0.5, 0.6) is 5.75 Å². The van der Waals surface area contributed by atoms with Crippen molar-refractivity contribution in [1.29, 1.82) is 0 Å². The predicted molar refractivity (Wildman–Crippen MR) is 104 cm³/mol. The highest BCUT2D eigenvalue weighted by molar-refractivity contribution is 7.10. The minimum atomic E-state index is -0.759. The van der Waals surface area contributed by atoms with E-state index in [0.29, 0.717) is 0 Å². The van der Waals surface area contributed by atoms with E-state index in [2.05, 4.69) is 5.32 Å². The first-order chi connectivity index (χ1) is 13.6. The maximum atomic E-state index is 13.5. The highest BCUT2D eigenvalue weighted by Gasteiger charge is 2.18. The van der Waals surface area contributed by atoms with Crippen LogP contribution in [0.1, 0.15) is 16.5 Å². The predicted octanol–water partition coefficient (Wildman–Crippen LogP) is 3.72.